The molecule has 0 aromatic rings. The van der Waals surface area contributed by atoms with Gasteiger partial charge in [-0.2, -0.15) is 13.2 Å². The topological polar surface area (TPSA) is 0 Å². The van der Waals surface area contributed by atoms with Gasteiger partial charge in [0.15, 0.2) is 0 Å². The summed E-state index contributed by atoms with van der Waals surface area (Å²) in [7, 11) is 0. The summed E-state index contributed by atoms with van der Waals surface area (Å²) in [5, 5.41) is 0. The van der Waals surface area contributed by atoms with Crippen molar-refractivity contribution >= 4 is 0 Å². The number of allylic oxidation sites excluding steroid dienone is 4. The highest BCUT2D eigenvalue weighted by atomic mass is 19.4. The molecule has 0 fully saturated rings. The summed E-state index contributed by atoms with van der Waals surface area (Å²) in [5.74, 6) is 0.251. The van der Waals surface area contributed by atoms with Gasteiger partial charge in [-0.15, -0.1) is 0 Å². The van der Waals surface area contributed by atoms with Crippen LogP contribution in [0.15, 0.2) is 23.8 Å². The largest absolute Gasteiger partial charge is 0.416 e. The summed E-state index contributed by atoms with van der Waals surface area (Å²) in [5.41, 5.74) is -0.508. The lowest BCUT2D eigenvalue weighted by Crippen LogP contribution is -2.09. The lowest BCUT2D eigenvalue weighted by atomic mass is 10.1. The van der Waals surface area contributed by atoms with E-state index in [9.17, 15) is 13.2 Å². The molecule has 0 aliphatic heterocycles. The van der Waals surface area contributed by atoms with Crippen LogP contribution in [0.1, 0.15) is 19.8 Å². The first-order chi connectivity index (χ1) is 5.50. The summed E-state index contributed by atoms with van der Waals surface area (Å²) < 4.78 is 36.4. The molecule has 0 radical (unpaired) electrons. The van der Waals surface area contributed by atoms with Crippen molar-refractivity contribution < 1.29 is 13.2 Å². The Morgan fingerprint density at radius 1 is 1.42 bits per heavy atom. The zero-order valence-electron chi connectivity index (χ0n) is 6.86. The molecule has 68 valence electrons. The van der Waals surface area contributed by atoms with E-state index in [1.807, 2.05) is 6.92 Å². The molecule has 0 bridgehead atoms. The fraction of sp³-hybridized carbons (Fsp3) is 0.556. The lowest BCUT2D eigenvalue weighted by Gasteiger charge is -2.05. The second kappa shape index (κ2) is 3.33. The molecule has 1 aliphatic rings. The molecule has 1 aliphatic carbocycles. The Bertz CT molecular complexity index is 210. The predicted octanol–water partition coefficient (Wildman–Crippen LogP) is 3.46. The molecule has 0 heterocycles. The number of alkyl halides is 3. The molecule has 1 rings (SSSR count). The van der Waals surface area contributed by atoms with Crippen LogP contribution in [0.3, 0.4) is 0 Å². The maximum atomic E-state index is 12.1. The highest BCUT2D eigenvalue weighted by Crippen LogP contribution is 2.29. The fourth-order valence-electron chi connectivity index (χ4n) is 1.14. The van der Waals surface area contributed by atoms with Crippen LogP contribution < -0.4 is 0 Å². The first kappa shape index (κ1) is 9.36. The van der Waals surface area contributed by atoms with Crippen LogP contribution in [0.5, 0.6) is 0 Å². The lowest BCUT2D eigenvalue weighted by molar-refractivity contribution is -0.0883. The van der Waals surface area contributed by atoms with Crippen molar-refractivity contribution in [1.29, 1.82) is 0 Å². The van der Waals surface area contributed by atoms with Crippen molar-refractivity contribution in [3.63, 3.8) is 0 Å². The standard InChI is InChI=1S/C9H11F3/c1-7-3-2-4-8(6-5-7)9(10,11)12/h4-7H,2-3H2,1H3. The SMILES string of the molecule is CC1C=CC(C(F)(F)F)=CCC1. The summed E-state index contributed by atoms with van der Waals surface area (Å²) in [6, 6.07) is 0. The summed E-state index contributed by atoms with van der Waals surface area (Å²) in [4.78, 5) is 0. The molecule has 1 atom stereocenters. The third kappa shape index (κ3) is 2.40. The zero-order chi connectivity index (χ0) is 9.19. The van der Waals surface area contributed by atoms with Crippen molar-refractivity contribution in [2.45, 2.75) is 25.9 Å². The molecule has 3 heteroatoms. The third-order valence-corrected chi connectivity index (χ3v) is 1.92. The molecule has 0 saturated carbocycles. The van der Waals surface area contributed by atoms with E-state index >= 15 is 0 Å². The van der Waals surface area contributed by atoms with Crippen LogP contribution in [0, 0.1) is 5.92 Å². The van der Waals surface area contributed by atoms with Crippen LogP contribution in [-0.4, -0.2) is 6.18 Å². The molecule has 0 nitrogen and oxygen atoms in total. The van der Waals surface area contributed by atoms with E-state index in [1.54, 1.807) is 6.08 Å². The monoisotopic (exact) mass is 176 g/mol. The minimum Gasteiger partial charge on any atom is -0.166 e. The van der Waals surface area contributed by atoms with Crippen LogP contribution in [0.2, 0.25) is 0 Å². The molecular weight excluding hydrogens is 165 g/mol. The zero-order valence-corrected chi connectivity index (χ0v) is 6.86. The quantitative estimate of drug-likeness (QED) is 0.530. The molecule has 0 spiro atoms. The summed E-state index contributed by atoms with van der Waals surface area (Å²) in [6.45, 7) is 1.92. The summed E-state index contributed by atoms with van der Waals surface area (Å²) in [6.07, 6.45) is 1.20. The van der Waals surface area contributed by atoms with Gasteiger partial charge in [-0.05, 0) is 18.8 Å². The van der Waals surface area contributed by atoms with Gasteiger partial charge in [-0.1, -0.05) is 25.2 Å². The van der Waals surface area contributed by atoms with Gasteiger partial charge in [-0.25, -0.2) is 0 Å². The van der Waals surface area contributed by atoms with Crippen molar-refractivity contribution in [2.24, 2.45) is 5.92 Å². The van der Waals surface area contributed by atoms with Gasteiger partial charge in [0.25, 0.3) is 0 Å². The molecule has 0 aromatic heterocycles. The fourth-order valence-corrected chi connectivity index (χ4v) is 1.14. The number of hydrogen-bond acceptors (Lipinski definition) is 0. The predicted molar refractivity (Wildman–Crippen MR) is 41.7 cm³/mol. The first-order valence-corrected chi connectivity index (χ1v) is 3.95. The Kier molecular flexibility index (Phi) is 2.60. The van der Waals surface area contributed by atoms with E-state index in [-0.39, 0.29) is 5.92 Å². The van der Waals surface area contributed by atoms with Crippen LogP contribution in [0.4, 0.5) is 13.2 Å². The van der Waals surface area contributed by atoms with Crippen molar-refractivity contribution in [3.05, 3.63) is 23.8 Å². The van der Waals surface area contributed by atoms with Crippen LogP contribution >= 0.6 is 0 Å². The van der Waals surface area contributed by atoms with Crippen LogP contribution in [-0.2, 0) is 0 Å². The summed E-state index contributed by atoms with van der Waals surface area (Å²) >= 11 is 0. The van der Waals surface area contributed by atoms with E-state index in [1.165, 1.54) is 12.2 Å². The van der Waals surface area contributed by atoms with Crippen LogP contribution in [0.25, 0.3) is 0 Å². The molecule has 0 N–H and O–H groups in total. The van der Waals surface area contributed by atoms with E-state index in [0.717, 1.165) is 6.42 Å². The molecule has 12 heavy (non-hydrogen) atoms. The van der Waals surface area contributed by atoms with Gasteiger partial charge >= 0.3 is 6.18 Å². The smallest absolute Gasteiger partial charge is 0.166 e. The average Bonchev–Trinajstić information content (AvgIpc) is 2.11. The molecule has 0 aromatic carbocycles. The maximum Gasteiger partial charge on any atom is 0.416 e. The maximum absolute atomic E-state index is 12.1. The van der Waals surface area contributed by atoms with E-state index < -0.39 is 11.7 Å². The van der Waals surface area contributed by atoms with E-state index in [2.05, 4.69) is 0 Å². The highest BCUT2D eigenvalue weighted by molar-refractivity contribution is 5.25. The van der Waals surface area contributed by atoms with E-state index in [4.69, 9.17) is 0 Å². The highest BCUT2D eigenvalue weighted by Gasteiger charge is 2.31. The second-order valence-corrected chi connectivity index (χ2v) is 3.07. The number of rotatable bonds is 0. The van der Waals surface area contributed by atoms with Crippen molar-refractivity contribution in [2.75, 3.05) is 0 Å². The average molecular weight is 176 g/mol. The van der Waals surface area contributed by atoms with Gasteiger partial charge in [0.2, 0.25) is 0 Å². The van der Waals surface area contributed by atoms with Gasteiger partial charge in [-0.3, -0.25) is 0 Å². The van der Waals surface area contributed by atoms with Gasteiger partial charge in [0, 0.05) is 0 Å². The van der Waals surface area contributed by atoms with Gasteiger partial charge < -0.3 is 0 Å². The Hall–Kier alpha value is -0.730. The minimum atomic E-state index is -4.18. The van der Waals surface area contributed by atoms with Crippen molar-refractivity contribution in [3.8, 4) is 0 Å². The van der Waals surface area contributed by atoms with Gasteiger partial charge in [0.05, 0.1) is 5.57 Å². The van der Waals surface area contributed by atoms with Crippen molar-refractivity contribution in [1.82, 2.24) is 0 Å². The second-order valence-electron chi connectivity index (χ2n) is 3.07. The van der Waals surface area contributed by atoms with E-state index in [0.29, 0.717) is 6.42 Å². The Labute approximate surface area is 69.8 Å². The minimum absolute atomic E-state index is 0.251. The Balaban J connectivity index is 2.77. The Morgan fingerprint density at radius 3 is 2.67 bits per heavy atom. The molecule has 0 amide bonds. The molecular formula is C9H11F3. The Morgan fingerprint density at radius 2 is 2.08 bits per heavy atom. The van der Waals surface area contributed by atoms with Gasteiger partial charge in [0.1, 0.15) is 0 Å². The first-order valence-electron chi connectivity index (χ1n) is 3.95. The number of halogens is 3. The normalized spacial score (nSPS) is 25.0. The molecule has 0 saturated heterocycles. The number of hydrogen-bond donors (Lipinski definition) is 0. The molecule has 1 unspecified atom stereocenters. The third-order valence-electron chi connectivity index (χ3n) is 1.92.